The van der Waals surface area contributed by atoms with Crippen molar-refractivity contribution in [1.29, 1.82) is 0 Å². The Morgan fingerprint density at radius 1 is 1.27 bits per heavy atom. The molecule has 0 radical (unpaired) electrons. The van der Waals surface area contributed by atoms with Crippen molar-refractivity contribution in [3.05, 3.63) is 42.6 Å². The first kappa shape index (κ1) is 18.3. The van der Waals surface area contributed by atoms with E-state index < -0.39 is 5.82 Å². The summed E-state index contributed by atoms with van der Waals surface area (Å²) >= 11 is 0. The van der Waals surface area contributed by atoms with E-state index in [-0.39, 0.29) is 17.2 Å². The summed E-state index contributed by atoms with van der Waals surface area (Å²) in [5, 5.41) is 0.891. The van der Waals surface area contributed by atoms with Gasteiger partial charge in [-0.1, -0.05) is 6.92 Å². The average Bonchev–Trinajstić information content (AvgIpc) is 2.93. The molecular formula is C20H25FN4O. The van der Waals surface area contributed by atoms with Gasteiger partial charge in [0, 0.05) is 29.7 Å². The van der Waals surface area contributed by atoms with E-state index in [1.54, 1.807) is 6.07 Å². The molecule has 5 nitrogen and oxygen atoms in total. The first-order chi connectivity index (χ1) is 12.2. The number of aromatic nitrogens is 3. The summed E-state index contributed by atoms with van der Waals surface area (Å²) in [4.78, 5) is 8.60. The zero-order valence-corrected chi connectivity index (χ0v) is 15.7. The Morgan fingerprint density at radius 3 is 2.73 bits per heavy atom. The highest BCUT2D eigenvalue weighted by molar-refractivity contribution is 5.90. The molecule has 26 heavy (non-hydrogen) atoms. The summed E-state index contributed by atoms with van der Waals surface area (Å²) in [6.45, 7) is 6.43. The molecule has 0 aliphatic carbocycles. The van der Waals surface area contributed by atoms with Crippen molar-refractivity contribution in [1.82, 2.24) is 14.5 Å². The Hall–Kier alpha value is -2.47. The average molecular weight is 356 g/mol. The number of nitrogens with two attached hydrogens (primary N) is 1. The molecule has 2 aromatic heterocycles. The van der Waals surface area contributed by atoms with Crippen LogP contribution >= 0.6 is 0 Å². The van der Waals surface area contributed by atoms with Gasteiger partial charge >= 0.3 is 0 Å². The second kappa shape index (κ2) is 7.03. The van der Waals surface area contributed by atoms with Crippen LogP contribution in [0.1, 0.15) is 27.2 Å². The zero-order valence-electron chi connectivity index (χ0n) is 15.7. The molecule has 6 heteroatoms. The Bertz CT molecular complexity index is 914. The quantitative estimate of drug-likeness (QED) is 0.727. The van der Waals surface area contributed by atoms with Crippen molar-refractivity contribution in [2.75, 3.05) is 6.61 Å². The number of fused-ring (bicyclic) bond motifs is 1. The number of aryl methyl sites for hydroxylation is 1. The molecule has 2 N–H and O–H groups in total. The van der Waals surface area contributed by atoms with E-state index in [0.29, 0.717) is 17.9 Å². The fourth-order valence-electron chi connectivity index (χ4n) is 3.26. The maximum Gasteiger partial charge on any atom is 0.165 e. The van der Waals surface area contributed by atoms with Crippen molar-refractivity contribution in [3.8, 4) is 17.0 Å². The summed E-state index contributed by atoms with van der Waals surface area (Å²) in [6, 6.07) is 6.87. The van der Waals surface area contributed by atoms with Gasteiger partial charge in [-0.25, -0.2) is 14.4 Å². The van der Waals surface area contributed by atoms with E-state index in [4.69, 9.17) is 10.5 Å². The molecule has 0 saturated heterocycles. The Morgan fingerprint density at radius 2 is 2.04 bits per heavy atom. The highest BCUT2D eigenvalue weighted by Gasteiger charge is 2.17. The highest BCUT2D eigenvalue weighted by Crippen LogP contribution is 2.29. The van der Waals surface area contributed by atoms with E-state index >= 15 is 0 Å². The predicted octanol–water partition coefficient (Wildman–Crippen LogP) is 3.92. The lowest BCUT2D eigenvalue weighted by molar-refractivity contribution is 0.222. The predicted molar refractivity (Wildman–Crippen MR) is 101 cm³/mol. The van der Waals surface area contributed by atoms with Gasteiger partial charge in [-0.05, 0) is 50.5 Å². The lowest BCUT2D eigenvalue weighted by atomic mass is 9.93. The fourth-order valence-corrected chi connectivity index (χ4v) is 3.26. The lowest BCUT2D eigenvalue weighted by Crippen LogP contribution is -2.35. The minimum atomic E-state index is -0.399. The minimum absolute atomic E-state index is 0.236. The van der Waals surface area contributed by atoms with Gasteiger partial charge in [0.15, 0.2) is 11.6 Å². The van der Waals surface area contributed by atoms with E-state index in [0.717, 1.165) is 17.5 Å². The van der Waals surface area contributed by atoms with Gasteiger partial charge in [-0.15, -0.1) is 0 Å². The summed E-state index contributed by atoms with van der Waals surface area (Å²) < 4.78 is 22.1. The number of ether oxygens (including phenoxy) is 1. The van der Waals surface area contributed by atoms with Crippen LogP contribution in [0.15, 0.2) is 36.8 Å². The summed E-state index contributed by atoms with van der Waals surface area (Å²) in [5.74, 6) is 0.0816. The van der Waals surface area contributed by atoms with Crippen molar-refractivity contribution >= 4 is 11.0 Å². The fraction of sp³-hybridized carbons (Fsp3) is 0.400. The van der Waals surface area contributed by atoms with Crippen LogP contribution < -0.4 is 10.5 Å². The Kier molecular flexibility index (Phi) is 4.96. The van der Waals surface area contributed by atoms with Crippen molar-refractivity contribution in [2.45, 2.75) is 32.7 Å². The van der Waals surface area contributed by atoms with E-state index in [1.807, 2.05) is 50.7 Å². The van der Waals surface area contributed by atoms with Crippen LogP contribution in [-0.4, -0.2) is 26.7 Å². The minimum Gasteiger partial charge on any atom is -0.490 e. The molecule has 0 fully saturated rings. The number of hydrogen-bond acceptors (Lipinski definition) is 4. The molecule has 0 unspecified atom stereocenters. The van der Waals surface area contributed by atoms with E-state index in [9.17, 15) is 4.39 Å². The first-order valence-corrected chi connectivity index (χ1v) is 8.72. The second-order valence-corrected chi connectivity index (χ2v) is 7.64. The third-order valence-electron chi connectivity index (χ3n) is 4.27. The Balaban J connectivity index is 1.79. The molecule has 3 rings (SSSR count). The van der Waals surface area contributed by atoms with Crippen LogP contribution in [0.4, 0.5) is 4.39 Å². The second-order valence-electron chi connectivity index (χ2n) is 7.64. The maximum absolute atomic E-state index is 14.5. The largest absolute Gasteiger partial charge is 0.490 e. The van der Waals surface area contributed by atoms with Crippen LogP contribution in [0.5, 0.6) is 5.75 Å². The smallest absolute Gasteiger partial charge is 0.165 e. The summed E-state index contributed by atoms with van der Waals surface area (Å²) in [7, 11) is 1.92. The molecule has 2 heterocycles. The van der Waals surface area contributed by atoms with E-state index in [2.05, 4.69) is 9.97 Å². The number of rotatable bonds is 6. The van der Waals surface area contributed by atoms with Crippen LogP contribution in [0.3, 0.4) is 0 Å². The standard InChI is InChI=1S/C20H25FN4O/c1-13(10-20(2,3)22)11-26-17-6-5-14(9-16(17)21)18-15-7-8-25(4)19(15)24-12-23-18/h5-9,12-13H,10-11,22H2,1-4H3/t13-/m0/s1. The van der Waals surface area contributed by atoms with Crippen molar-refractivity contribution in [3.63, 3.8) is 0 Å². The van der Waals surface area contributed by atoms with Gasteiger partial charge in [0.05, 0.1) is 12.3 Å². The van der Waals surface area contributed by atoms with Crippen LogP contribution in [0.2, 0.25) is 0 Å². The molecule has 0 amide bonds. The van der Waals surface area contributed by atoms with Crippen LogP contribution in [-0.2, 0) is 7.05 Å². The molecular weight excluding hydrogens is 331 g/mol. The normalized spacial score (nSPS) is 13.2. The third kappa shape index (κ3) is 4.02. The van der Waals surface area contributed by atoms with Crippen LogP contribution in [0, 0.1) is 11.7 Å². The molecule has 0 aliphatic heterocycles. The molecule has 1 atom stereocenters. The molecule has 0 spiro atoms. The van der Waals surface area contributed by atoms with Gasteiger partial charge in [-0.2, -0.15) is 0 Å². The van der Waals surface area contributed by atoms with Gasteiger partial charge in [0.2, 0.25) is 0 Å². The molecule has 1 aromatic carbocycles. The monoisotopic (exact) mass is 356 g/mol. The number of hydrogen-bond donors (Lipinski definition) is 1. The van der Waals surface area contributed by atoms with Gasteiger partial charge in [0.1, 0.15) is 12.0 Å². The SMILES string of the molecule is C[C@H](COc1ccc(-c2ncnc3c2ccn3C)cc1F)CC(C)(C)N. The third-order valence-corrected chi connectivity index (χ3v) is 4.27. The maximum atomic E-state index is 14.5. The summed E-state index contributed by atoms with van der Waals surface area (Å²) in [6.07, 6.45) is 4.22. The Labute approximate surface area is 153 Å². The van der Waals surface area contributed by atoms with Gasteiger partial charge in [0.25, 0.3) is 0 Å². The number of benzene rings is 1. The van der Waals surface area contributed by atoms with Crippen molar-refractivity contribution < 1.29 is 9.13 Å². The van der Waals surface area contributed by atoms with Gasteiger partial charge < -0.3 is 15.0 Å². The molecule has 3 aromatic rings. The number of nitrogens with zero attached hydrogens (tertiary/aromatic N) is 3. The zero-order chi connectivity index (χ0) is 18.9. The van der Waals surface area contributed by atoms with E-state index in [1.165, 1.54) is 12.4 Å². The summed E-state index contributed by atoms with van der Waals surface area (Å²) in [5.41, 5.74) is 7.98. The first-order valence-electron chi connectivity index (χ1n) is 8.72. The van der Waals surface area contributed by atoms with Crippen molar-refractivity contribution in [2.24, 2.45) is 18.7 Å². The molecule has 0 saturated carbocycles. The van der Waals surface area contributed by atoms with Crippen LogP contribution in [0.25, 0.3) is 22.3 Å². The highest BCUT2D eigenvalue weighted by atomic mass is 19.1. The molecule has 138 valence electrons. The molecule has 0 bridgehead atoms. The lowest BCUT2D eigenvalue weighted by Gasteiger charge is -2.23. The van der Waals surface area contributed by atoms with Gasteiger partial charge in [-0.3, -0.25) is 0 Å². The topological polar surface area (TPSA) is 66.0 Å². The molecule has 0 aliphatic rings. The number of halogens is 1.